The summed E-state index contributed by atoms with van der Waals surface area (Å²) in [7, 11) is 0. The van der Waals surface area contributed by atoms with Gasteiger partial charge >= 0.3 is 0 Å². The third kappa shape index (κ3) is 5.65. The van der Waals surface area contributed by atoms with Crippen LogP contribution in [-0.4, -0.2) is 71.5 Å². The maximum atomic E-state index is 12.7. The fourth-order valence-corrected chi connectivity index (χ4v) is 3.48. The van der Waals surface area contributed by atoms with Crippen LogP contribution in [0.2, 0.25) is 0 Å². The number of nitrogens with zero attached hydrogens (tertiary/aromatic N) is 2. The second kappa shape index (κ2) is 10.5. The molecule has 4 rings (SSSR count). The molecular formula is C22H26N4O4. The van der Waals surface area contributed by atoms with E-state index in [0.29, 0.717) is 5.56 Å². The van der Waals surface area contributed by atoms with Gasteiger partial charge in [0.2, 0.25) is 0 Å². The summed E-state index contributed by atoms with van der Waals surface area (Å²) in [5.74, 6) is -0.0415. The summed E-state index contributed by atoms with van der Waals surface area (Å²) in [6.45, 7) is 6.01. The first kappa shape index (κ1) is 21.5. The topological polar surface area (TPSA) is 108 Å². The van der Waals surface area contributed by atoms with E-state index < -0.39 is 0 Å². The van der Waals surface area contributed by atoms with Gasteiger partial charge in [-0.05, 0) is 36.2 Å². The number of carbonyl (C=O) groups excluding carboxylic acids is 1. The lowest BCUT2D eigenvalue weighted by Crippen LogP contribution is -2.46. The minimum atomic E-state index is -0.250. The zero-order valence-corrected chi connectivity index (χ0v) is 16.9. The van der Waals surface area contributed by atoms with E-state index in [0.717, 1.165) is 54.9 Å². The van der Waals surface area contributed by atoms with Crippen molar-refractivity contribution in [2.45, 2.75) is 13.0 Å². The van der Waals surface area contributed by atoms with Crippen molar-refractivity contribution >= 4 is 23.3 Å². The number of benzene rings is 2. The minimum Gasteiger partial charge on any atom is -0.483 e. The molecule has 1 aromatic heterocycles. The van der Waals surface area contributed by atoms with Gasteiger partial charge in [-0.25, -0.2) is 0 Å². The van der Waals surface area contributed by atoms with Gasteiger partial charge in [-0.2, -0.15) is 5.10 Å². The largest absolute Gasteiger partial charge is 0.483 e. The van der Waals surface area contributed by atoms with Gasteiger partial charge in [0.25, 0.3) is 12.4 Å². The van der Waals surface area contributed by atoms with Crippen molar-refractivity contribution in [3.05, 3.63) is 54.2 Å². The predicted octanol–water partition coefficient (Wildman–Crippen LogP) is 2.38. The van der Waals surface area contributed by atoms with Crippen molar-refractivity contribution in [1.82, 2.24) is 20.4 Å². The van der Waals surface area contributed by atoms with Gasteiger partial charge in [-0.1, -0.05) is 24.3 Å². The fraction of sp³-hybridized carbons (Fsp3) is 0.318. The van der Waals surface area contributed by atoms with E-state index in [1.54, 1.807) is 6.20 Å². The second-order valence-corrected chi connectivity index (χ2v) is 7.15. The Morgan fingerprint density at radius 3 is 2.77 bits per heavy atom. The molecule has 1 amide bonds. The molecule has 1 atom stereocenters. The smallest absolute Gasteiger partial charge is 0.290 e. The van der Waals surface area contributed by atoms with E-state index in [2.05, 4.69) is 32.5 Å². The van der Waals surface area contributed by atoms with Crippen molar-refractivity contribution in [1.29, 1.82) is 0 Å². The molecule has 3 N–H and O–H groups in total. The highest BCUT2D eigenvalue weighted by Crippen LogP contribution is 2.24. The number of carbonyl (C=O) groups is 2. The lowest BCUT2D eigenvalue weighted by atomic mass is 10.0. The van der Waals surface area contributed by atoms with E-state index in [1.165, 1.54) is 0 Å². The summed E-state index contributed by atoms with van der Waals surface area (Å²) < 4.78 is 5.37. The molecule has 0 aliphatic carbocycles. The summed E-state index contributed by atoms with van der Waals surface area (Å²) in [5.41, 5.74) is 3.73. The molecule has 30 heavy (non-hydrogen) atoms. The van der Waals surface area contributed by atoms with Crippen molar-refractivity contribution in [3.8, 4) is 11.1 Å². The summed E-state index contributed by atoms with van der Waals surface area (Å²) >= 11 is 0. The third-order valence-corrected chi connectivity index (χ3v) is 4.91. The van der Waals surface area contributed by atoms with Crippen molar-refractivity contribution in [2.75, 3.05) is 32.8 Å². The van der Waals surface area contributed by atoms with Crippen LogP contribution in [0.15, 0.2) is 48.7 Å². The number of nitrogens with one attached hydrogen (secondary N) is 2. The van der Waals surface area contributed by atoms with Crippen molar-refractivity contribution < 1.29 is 19.4 Å². The molecule has 1 aliphatic rings. The molecule has 0 spiro atoms. The van der Waals surface area contributed by atoms with Crippen molar-refractivity contribution in [2.24, 2.45) is 0 Å². The fourth-order valence-electron chi connectivity index (χ4n) is 3.48. The van der Waals surface area contributed by atoms with E-state index in [4.69, 9.17) is 14.6 Å². The lowest BCUT2D eigenvalue weighted by molar-refractivity contribution is -0.122. The predicted molar refractivity (Wildman–Crippen MR) is 114 cm³/mol. The molecule has 3 aromatic rings. The number of amides is 1. The molecule has 2 heterocycles. The number of morpholine rings is 1. The Balaban J connectivity index is 0.000000806. The lowest BCUT2D eigenvalue weighted by Gasteiger charge is -2.29. The van der Waals surface area contributed by atoms with Gasteiger partial charge in [0, 0.05) is 36.6 Å². The first-order valence-electron chi connectivity index (χ1n) is 9.83. The highest BCUT2D eigenvalue weighted by molar-refractivity contribution is 5.96. The average Bonchev–Trinajstić information content (AvgIpc) is 3.23. The molecule has 8 nitrogen and oxygen atoms in total. The van der Waals surface area contributed by atoms with Gasteiger partial charge in [-0.15, -0.1) is 0 Å². The maximum Gasteiger partial charge on any atom is 0.290 e. The summed E-state index contributed by atoms with van der Waals surface area (Å²) in [6.07, 6.45) is 1.80. The highest BCUT2D eigenvalue weighted by Gasteiger charge is 2.16. The van der Waals surface area contributed by atoms with Crippen LogP contribution in [-0.2, 0) is 9.53 Å². The van der Waals surface area contributed by atoms with E-state index in [-0.39, 0.29) is 18.4 Å². The van der Waals surface area contributed by atoms with Crippen LogP contribution >= 0.6 is 0 Å². The number of aromatic nitrogens is 2. The number of aromatic amines is 1. The molecule has 1 aliphatic heterocycles. The average molecular weight is 410 g/mol. The monoisotopic (exact) mass is 410 g/mol. The molecule has 0 bridgehead atoms. The SMILES string of the molecule is CC(CN1CCOCC1)NC(=O)c1cccc(-c2ccc3cn[nH]c3c2)c1.O=CO. The van der Waals surface area contributed by atoms with Crippen LogP contribution in [0.3, 0.4) is 0 Å². The van der Waals surface area contributed by atoms with Gasteiger partial charge in [-0.3, -0.25) is 19.6 Å². The maximum absolute atomic E-state index is 12.7. The first-order valence-corrected chi connectivity index (χ1v) is 9.83. The van der Waals surface area contributed by atoms with Crippen molar-refractivity contribution in [3.63, 3.8) is 0 Å². The van der Waals surface area contributed by atoms with Gasteiger partial charge in [0.1, 0.15) is 0 Å². The number of H-pyrrole nitrogens is 1. The number of rotatable bonds is 5. The quantitative estimate of drug-likeness (QED) is 0.558. The first-order chi connectivity index (χ1) is 14.6. The molecule has 2 aromatic carbocycles. The summed E-state index contributed by atoms with van der Waals surface area (Å²) in [5, 5.41) is 18.1. The highest BCUT2D eigenvalue weighted by atomic mass is 16.5. The Kier molecular flexibility index (Phi) is 7.53. The Bertz CT molecular complexity index is 982. The number of fused-ring (bicyclic) bond motifs is 1. The zero-order valence-electron chi connectivity index (χ0n) is 16.9. The molecule has 158 valence electrons. The van der Waals surface area contributed by atoms with E-state index in [1.807, 2.05) is 37.3 Å². The third-order valence-electron chi connectivity index (χ3n) is 4.91. The van der Waals surface area contributed by atoms with Gasteiger partial charge in [0.05, 0.1) is 24.9 Å². The number of hydrogen-bond donors (Lipinski definition) is 3. The van der Waals surface area contributed by atoms with Crippen LogP contribution in [0.25, 0.3) is 22.0 Å². The molecule has 1 unspecified atom stereocenters. The number of carboxylic acid groups (broad SMARTS) is 1. The Morgan fingerprint density at radius 2 is 2.00 bits per heavy atom. The number of hydrogen-bond acceptors (Lipinski definition) is 5. The summed E-state index contributed by atoms with van der Waals surface area (Å²) in [6, 6.07) is 14.0. The van der Waals surface area contributed by atoms with Crippen LogP contribution in [0.5, 0.6) is 0 Å². The van der Waals surface area contributed by atoms with E-state index >= 15 is 0 Å². The minimum absolute atomic E-state index is 0.0415. The molecule has 0 radical (unpaired) electrons. The van der Waals surface area contributed by atoms with Gasteiger partial charge < -0.3 is 15.2 Å². The zero-order chi connectivity index (χ0) is 21.3. The Hall–Kier alpha value is -3.23. The van der Waals surface area contributed by atoms with Crippen LogP contribution in [0, 0.1) is 0 Å². The standard InChI is InChI=1S/C21H24N4O2.CH2O2/c1-15(14-25-7-9-27-10-8-25)23-21(26)18-4-2-3-16(11-18)17-5-6-19-13-22-24-20(19)12-17;2-1-3/h2-6,11-13,15H,7-10,14H2,1H3,(H,22,24)(H,23,26);1H,(H,2,3). The molecule has 0 saturated carbocycles. The molecule has 1 saturated heterocycles. The molecule has 1 fully saturated rings. The molecule has 8 heteroatoms. The molecular weight excluding hydrogens is 384 g/mol. The summed E-state index contributed by atoms with van der Waals surface area (Å²) in [4.78, 5) is 23.4. The van der Waals surface area contributed by atoms with E-state index in [9.17, 15) is 4.79 Å². The normalized spacial score (nSPS) is 15.1. The van der Waals surface area contributed by atoms with Crippen LogP contribution < -0.4 is 5.32 Å². The Labute approximate surface area is 174 Å². The number of ether oxygens (including phenoxy) is 1. The Morgan fingerprint density at radius 1 is 1.27 bits per heavy atom. The van der Waals surface area contributed by atoms with Crippen LogP contribution in [0.4, 0.5) is 0 Å². The second-order valence-electron chi connectivity index (χ2n) is 7.15. The van der Waals surface area contributed by atoms with Gasteiger partial charge in [0.15, 0.2) is 0 Å². The van der Waals surface area contributed by atoms with Crippen LogP contribution in [0.1, 0.15) is 17.3 Å².